The van der Waals surface area contributed by atoms with Crippen molar-refractivity contribution in [2.45, 2.75) is 46.8 Å². The van der Waals surface area contributed by atoms with Crippen LogP contribution in [0.15, 0.2) is 41.5 Å². The van der Waals surface area contributed by atoms with Gasteiger partial charge in [-0.05, 0) is 57.4 Å². The van der Waals surface area contributed by atoms with Crippen LogP contribution in [0.3, 0.4) is 0 Å². The number of nitrogens with one attached hydrogen (secondary N) is 2. The van der Waals surface area contributed by atoms with Gasteiger partial charge >= 0.3 is 0 Å². The Morgan fingerprint density at radius 2 is 1.93 bits per heavy atom. The lowest BCUT2D eigenvalue weighted by Gasteiger charge is -2.17. The maximum absolute atomic E-state index is 5.93. The van der Waals surface area contributed by atoms with Crippen molar-refractivity contribution in [3.05, 3.63) is 58.9 Å². The van der Waals surface area contributed by atoms with Gasteiger partial charge < -0.3 is 15.4 Å². The predicted octanol–water partition coefficient (Wildman–Crippen LogP) is 4.01. The summed E-state index contributed by atoms with van der Waals surface area (Å²) in [5.74, 6) is 1.70. The van der Waals surface area contributed by atoms with E-state index >= 15 is 0 Å². The normalized spacial score (nSPS) is 11.1. The Labute approximate surface area is 180 Å². The van der Waals surface area contributed by atoms with Crippen LogP contribution in [-0.4, -0.2) is 30.6 Å². The lowest BCUT2D eigenvalue weighted by Crippen LogP contribution is -2.38. The van der Waals surface area contributed by atoms with Crippen molar-refractivity contribution in [2.24, 2.45) is 4.99 Å². The summed E-state index contributed by atoms with van der Waals surface area (Å²) in [4.78, 5) is 8.62. The lowest BCUT2D eigenvalue weighted by atomic mass is 10.1. The SMILES string of the molecule is CN=C(NCCc1ccc(C)nc1)NCc1ccc(C)cc1OC(C)C.I. The van der Waals surface area contributed by atoms with Crippen LogP contribution < -0.4 is 15.4 Å². The number of aromatic nitrogens is 1. The molecule has 0 radical (unpaired) electrons. The number of guanidine groups is 1. The number of hydrogen-bond acceptors (Lipinski definition) is 3. The van der Waals surface area contributed by atoms with Crippen molar-refractivity contribution in [1.29, 1.82) is 0 Å². The molecule has 6 heteroatoms. The summed E-state index contributed by atoms with van der Waals surface area (Å²) in [6, 6.07) is 10.4. The summed E-state index contributed by atoms with van der Waals surface area (Å²) in [7, 11) is 1.78. The number of pyridine rings is 1. The predicted molar refractivity (Wildman–Crippen MR) is 123 cm³/mol. The largest absolute Gasteiger partial charge is 0.491 e. The fraction of sp³-hybridized carbons (Fsp3) is 0.429. The third-order valence-electron chi connectivity index (χ3n) is 3.93. The van der Waals surface area contributed by atoms with E-state index in [4.69, 9.17) is 4.74 Å². The van der Waals surface area contributed by atoms with E-state index in [1.54, 1.807) is 7.05 Å². The number of hydrogen-bond donors (Lipinski definition) is 2. The number of aliphatic imine (C=N–C) groups is 1. The van der Waals surface area contributed by atoms with Gasteiger partial charge in [-0.1, -0.05) is 18.2 Å². The zero-order valence-corrected chi connectivity index (χ0v) is 19.2. The van der Waals surface area contributed by atoms with Crippen molar-refractivity contribution < 1.29 is 4.74 Å². The number of benzene rings is 1. The fourth-order valence-corrected chi connectivity index (χ4v) is 2.54. The molecule has 0 bridgehead atoms. The Balaban J connectivity index is 0.00000364. The van der Waals surface area contributed by atoms with Crippen molar-refractivity contribution in [1.82, 2.24) is 15.6 Å². The standard InChI is InChI=1S/C21H30N4O.HI/c1-15(2)26-20-12-16(3)6-9-19(20)14-25-21(22-5)23-11-10-18-8-7-17(4)24-13-18;/h6-9,12-13,15H,10-11,14H2,1-5H3,(H2,22,23,25);1H. The van der Waals surface area contributed by atoms with Gasteiger partial charge in [0.25, 0.3) is 0 Å². The first kappa shape index (κ1) is 23.2. The molecule has 0 spiro atoms. The van der Waals surface area contributed by atoms with Crippen LogP contribution in [0.5, 0.6) is 5.75 Å². The van der Waals surface area contributed by atoms with Crippen LogP contribution in [0, 0.1) is 13.8 Å². The van der Waals surface area contributed by atoms with Crippen LogP contribution in [0.25, 0.3) is 0 Å². The highest BCUT2D eigenvalue weighted by Gasteiger charge is 2.07. The molecule has 0 unspecified atom stereocenters. The quantitative estimate of drug-likeness (QED) is 0.356. The molecular weight excluding hydrogens is 451 g/mol. The van der Waals surface area contributed by atoms with Crippen LogP contribution in [0.1, 0.15) is 36.2 Å². The van der Waals surface area contributed by atoms with Gasteiger partial charge in [0, 0.05) is 37.6 Å². The molecule has 1 aromatic carbocycles. The number of rotatable bonds is 7. The van der Waals surface area contributed by atoms with Crippen LogP contribution >= 0.6 is 24.0 Å². The van der Waals surface area contributed by atoms with Crippen LogP contribution in [0.4, 0.5) is 0 Å². The number of ether oxygens (including phenoxy) is 1. The minimum Gasteiger partial charge on any atom is -0.491 e. The number of aryl methyl sites for hydroxylation is 2. The average molecular weight is 482 g/mol. The van der Waals surface area contributed by atoms with Crippen molar-refractivity contribution in [3.63, 3.8) is 0 Å². The second kappa shape index (κ2) is 11.8. The van der Waals surface area contributed by atoms with E-state index in [0.717, 1.165) is 35.9 Å². The summed E-state index contributed by atoms with van der Waals surface area (Å²) in [6.07, 6.45) is 2.98. The van der Waals surface area contributed by atoms with Gasteiger partial charge in [-0.3, -0.25) is 9.98 Å². The summed E-state index contributed by atoms with van der Waals surface area (Å²) in [6.45, 7) is 9.61. The zero-order valence-electron chi connectivity index (χ0n) is 16.9. The summed E-state index contributed by atoms with van der Waals surface area (Å²) >= 11 is 0. The minimum absolute atomic E-state index is 0. The van der Waals surface area contributed by atoms with E-state index in [2.05, 4.69) is 51.8 Å². The Morgan fingerprint density at radius 1 is 1.15 bits per heavy atom. The second-order valence-electron chi connectivity index (χ2n) is 6.69. The van der Waals surface area contributed by atoms with Crippen molar-refractivity contribution >= 4 is 29.9 Å². The van der Waals surface area contributed by atoms with E-state index in [1.807, 2.05) is 33.0 Å². The first-order valence-corrected chi connectivity index (χ1v) is 9.10. The first-order valence-electron chi connectivity index (χ1n) is 9.10. The van der Waals surface area contributed by atoms with Gasteiger partial charge in [0.1, 0.15) is 5.75 Å². The molecule has 27 heavy (non-hydrogen) atoms. The highest BCUT2D eigenvalue weighted by molar-refractivity contribution is 14.0. The molecule has 2 aromatic rings. The zero-order chi connectivity index (χ0) is 18.9. The Morgan fingerprint density at radius 3 is 2.56 bits per heavy atom. The van der Waals surface area contributed by atoms with E-state index < -0.39 is 0 Å². The van der Waals surface area contributed by atoms with Gasteiger partial charge in [0.2, 0.25) is 0 Å². The molecule has 0 saturated heterocycles. The Kier molecular flexibility index (Phi) is 10.1. The van der Waals surface area contributed by atoms with E-state index in [0.29, 0.717) is 6.54 Å². The number of nitrogens with zero attached hydrogens (tertiary/aromatic N) is 2. The van der Waals surface area contributed by atoms with Crippen LogP contribution in [-0.2, 0) is 13.0 Å². The van der Waals surface area contributed by atoms with Crippen molar-refractivity contribution in [2.75, 3.05) is 13.6 Å². The van der Waals surface area contributed by atoms with Crippen molar-refractivity contribution in [3.8, 4) is 5.75 Å². The first-order chi connectivity index (χ1) is 12.5. The molecule has 2 N–H and O–H groups in total. The molecule has 0 fully saturated rings. The fourth-order valence-electron chi connectivity index (χ4n) is 2.54. The monoisotopic (exact) mass is 482 g/mol. The third-order valence-corrected chi connectivity index (χ3v) is 3.93. The van der Waals surface area contributed by atoms with Gasteiger partial charge in [-0.15, -0.1) is 24.0 Å². The Bertz CT molecular complexity index is 729. The highest BCUT2D eigenvalue weighted by atomic mass is 127. The maximum atomic E-state index is 5.93. The Hall–Kier alpha value is -1.83. The summed E-state index contributed by atoms with van der Waals surface area (Å²) in [5.41, 5.74) is 4.56. The van der Waals surface area contributed by atoms with Gasteiger partial charge in [0.05, 0.1) is 6.10 Å². The molecule has 1 heterocycles. The summed E-state index contributed by atoms with van der Waals surface area (Å²) in [5, 5.41) is 6.70. The average Bonchev–Trinajstić information content (AvgIpc) is 2.60. The van der Waals surface area contributed by atoms with E-state index in [-0.39, 0.29) is 30.1 Å². The molecule has 0 aliphatic carbocycles. The molecule has 5 nitrogen and oxygen atoms in total. The topological polar surface area (TPSA) is 58.5 Å². The van der Waals surface area contributed by atoms with E-state index in [1.165, 1.54) is 11.1 Å². The third kappa shape index (κ3) is 8.15. The molecule has 148 valence electrons. The molecular formula is C21H31IN4O. The lowest BCUT2D eigenvalue weighted by molar-refractivity contribution is 0.239. The molecule has 1 aromatic heterocycles. The molecule has 0 amide bonds. The second-order valence-corrected chi connectivity index (χ2v) is 6.69. The van der Waals surface area contributed by atoms with E-state index in [9.17, 15) is 0 Å². The molecule has 0 aliphatic heterocycles. The molecule has 0 aliphatic rings. The molecule has 0 atom stereocenters. The minimum atomic E-state index is 0. The summed E-state index contributed by atoms with van der Waals surface area (Å²) < 4.78 is 5.93. The molecule has 2 rings (SSSR count). The highest BCUT2D eigenvalue weighted by Crippen LogP contribution is 2.21. The van der Waals surface area contributed by atoms with Gasteiger partial charge in [-0.2, -0.15) is 0 Å². The molecule has 0 saturated carbocycles. The smallest absolute Gasteiger partial charge is 0.191 e. The van der Waals surface area contributed by atoms with Gasteiger partial charge in [-0.25, -0.2) is 0 Å². The number of halogens is 1. The van der Waals surface area contributed by atoms with Crippen LogP contribution in [0.2, 0.25) is 0 Å². The maximum Gasteiger partial charge on any atom is 0.191 e. The van der Waals surface area contributed by atoms with Gasteiger partial charge in [0.15, 0.2) is 5.96 Å².